The van der Waals surface area contributed by atoms with Crippen molar-refractivity contribution >= 4 is 48.1 Å². The Hall–Kier alpha value is -2.22. The van der Waals surface area contributed by atoms with Gasteiger partial charge >= 0.3 is 37.9 Å². The van der Waals surface area contributed by atoms with Crippen molar-refractivity contribution in [3.05, 3.63) is 131 Å². The van der Waals surface area contributed by atoms with Gasteiger partial charge in [-0.1, -0.05) is 140 Å². The van der Waals surface area contributed by atoms with Crippen molar-refractivity contribution in [2.45, 2.75) is 105 Å². The summed E-state index contributed by atoms with van der Waals surface area (Å²) in [6.07, 6.45) is 2.34. The maximum absolute atomic E-state index is 4.93. The van der Waals surface area contributed by atoms with Crippen LogP contribution in [0.2, 0.25) is 13.1 Å². The molecule has 0 amide bonds. The molecule has 0 bridgehead atoms. The molecule has 0 N–H and O–H groups in total. The monoisotopic (exact) mass is 796 g/mol. The Morgan fingerprint density at radius 1 is 0.540 bits per heavy atom. The molecule has 6 aromatic carbocycles. The van der Waals surface area contributed by atoms with Crippen LogP contribution in [0.15, 0.2) is 109 Å². The molecule has 4 heteroatoms. The fraction of sp³-hybridized carbons (Fsp3) is 0.348. The summed E-state index contributed by atoms with van der Waals surface area (Å²) in [7, 11) is 11.0. The summed E-state index contributed by atoms with van der Waals surface area (Å²) in [6.45, 7) is 22.5. The molecule has 6 aromatic rings. The van der Waals surface area contributed by atoms with Crippen LogP contribution < -0.4 is 0 Å². The van der Waals surface area contributed by atoms with Gasteiger partial charge in [-0.05, 0) is 58.8 Å². The number of fused-ring (bicyclic) bond motifs is 2. The summed E-state index contributed by atoms with van der Waals surface area (Å²) < 4.78 is 0. The summed E-state index contributed by atoms with van der Waals surface area (Å²) in [5.74, 6) is 2.33. The molecular weight excluding hydrogens is 743 g/mol. The quantitative estimate of drug-likeness (QED) is 0.106. The van der Waals surface area contributed by atoms with E-state index in [2.05, 4.69) is 178 Å². The molecule has 0 aliphatic heterocycles. The molecule has 0 heterocycles. The zero-order valence-corrected chi connectivity index (χ0v) is 36.8. The Morgan fingerprint density at radius 2 is 0.860 bits per heavy atom. The zero-order valence-electron chi connectivity index (χ0n) is 31.9. The molecule has 0 aliphatic carbocycles. The second kappa shape index (κ2) is 21.3. The van der Waals surface area contributed by atoms with E-state index in [4.69, 9.17) is 17.0 Å². The minimum atomic E-state index is -0.826. The fourth-order valence-electron chi connectivity index (χ4n) is 6.44. The van der Waals surface area contributed by atoms with Crippen LogP contribution in [0.5, 0.6) is 0 Å². The van der Waals surface area contributed by atoms with Crippen LogP contribution in [0.1, 0.15) is 114 Å². The number of hydrogen-bond donors (Lipinski definition) is 0. The third-order valence-corrected chi connectivity index (χ3v) is 9.67. The predicted octanol–water partition coefficient (Wildman–Crippen LogP) is 15.9. The van der Waals surface area contributed by atoms with E-state index >= 15 is 0 Å². The van der Waals surface area contributed by atoms with Gasteiger partial charge in [0.1, 0.15) is 0 Å². The van der Waals surface area contributed by atoms with E-state index in [1.54, 1.807) is 0 Å². The van der Waals surface area contributed by atoms with Gasteiger partial charge < -0.3 is 0 Å². The first-order valence-corrected chi connectivity index (χ1v) is 26.5. The standard InChI is InChI=1S/2C22H25.C2H6Si.2ClH.Zr/c2*1-5-16(4)19-10-6-7-11-20(19)21-12-8-9-17-13-18(15(2)3)14-22(17)21;1-3-2;;;/h2*6-16H,5H2,1-4H3;1-2H3;2*1H;/q2*-1;;;;+4/p-2. The van der Waals surface area contributed by atoms with Gasteiger partial charge in [0.05, 0.1) is 0 Å². The second-order valence-corrected chi connectivity index (χ2v) is 18.6. The Morgan fingerprint density at radius 3 is 1.18 bits per heavy atom. The molecule has 0 aromatic heterocycles. The first kappa shape index (κ1) is 42.2. The van der Waals surface area contributed by atoms with Crippen molar-refractivity contribution in [3.63, 3.8) is 0 Å². The summed E-state index contributed by atoms with van der Waals surface area (Å²) in [4.78, 5) is 0. The van der Waals surface area contributed by atoms with E-state index in [1.807, 2.05) is 0 Å². The minimum absolute atomic E-state index is 0.574. The molecule has 0 saturated heterocycles. The molecule has 50 heavy (non-hydrogen) atoms. The first-order valence-electron chi connectivity index (χ1n) is 18.2. The van der Waals surface area contributed by atoms with Crippen LogP contribution in [-0.4, -0.2) is 9.52 Å². The van der Waals surface area contributed by atoms with E-state index in [1.165, 1.54) is 78.9 Å². The Labute approximate surface area is 325 Å². The molecule has 0 fully saturated rings. The molecule has 0 spiro atoms. The summed E-state index contributed by atoms with van der Waals surface area (Å²) in [5, 5.41) is 5.50. The van der Waals surface area contributed by atoms with E-state index in [0.717, 1.165) is 9.52 Å². The maximum atomic E-state index is 4.93. The third kappa shape index (κ3) is 10.9. The van der Waals surface area contributed by atoms with Gasteiger partial charge in [-0.25, -0.2) is 0 Å². The molecule has 262 valence electrons. The number of benzene rings is 4. The number of halogens is 2. The van der Waals surface area contributed by atoms with Gasteiger partial charge in [-0.2, -0.15) is 12.1 Å². The van der Waals surface area contributed by atoms with Crippen LogP contribution in [0.25, 0.3) is 43.8 Å². The molecule has 0 saturated carbocycles. The number of rotatable bonds is 8. The second-order valence-electron chi connectivity index (χ2n) is 13.9. The topological polar surface area (TPSA) is 0 Å². The van der Waals surface area contributed by atoms with Crippen molar-refractivity contribution in [2.24, 2.45) is 0 Å². The molecule has 0 nitrogen and oxygen atoms in total. The normalized spacial score (nSPS) is 12.0. The van der Waals surface area contributed by atoms with Crippen LogP contribution >= 0.6 is 17.0 Å². The Balaban J connectivity index is 0.000000234. The molecule has 6 rings (SSSR count). The van der Waals surface area contributed by atoms with Crippen molar-refractivity contribution in [2.75, 3.05) is 0 Å². The van der Waals surface area contributed by atoms with E-state index < -0.39 is 20.8 Å². The molecule has 2 unspecified atom stereocenters. The SMILES string of the molecule is CCC(C)c1ccccc1-c1cccc2[cH-]c(C(C)C)cc12.CCC(C)c1ccccc1-c1cccc2[cH-]c(C(C)C)cc12.C[Si]C.[Cl][Zr+2][Cl]. The van der Waals surface area contributed by atoms with E-state index in [0.29, 0.717) is 23.7 Å². The van der Waals surface area contributed by atoms with Gasteiger partial charge in [0.15, 0.2) is 0 Å². The van der Waals surface area contributed by atoms with Crippen molar-refractivity contribution < 1.29 is 20.8 Å². The first-order chi connectivity index (χ1) is 24.1. The van der Waals surface area contributed by atoms with Crippen LogP contribution in [0.4, 0.5) is 0 Å². The fourth-order valence-corrected chi connectivity index (χ4v) is 6.44. The van der Waals surface area contributed by atoms with Crippen molar-refractivity contribution in [1.82, 2.24) is 0 Å². The van der Waals surface area contributed by atoms with E-state index in [-0.39, 0.29) is 0 Å². The number of hydrogen-bond acceptors (Lipinski definition) is 0. The van der Waals surface area contributed by atoms with E-state index in [9.17, 15) is 0 Å². The van der Waals surface area contributed by atoms with Gasteiger partial charge in [0, 0.05) is 9.52 Å². The summed E-state index contributed by atoms with van der Waals surface area (Å²) >= 11 is -0.826. The van der Waals surface area contributed by atoms with Gasteiger partial charge in [0.25, 0.3) is 0 Å². The van der Waals surface area contributed by atoms with Crippen LogP contribution in [0.3, 0.4) is 0 Å². The van der Waals surface area contributed by atoms with Gasteiger partial charge in [-0.3, -0.25) is 0 Å². The average molecular weight is 799 g/mol. The zero-order chi connectivity index (χ0) is 36.8. The van der Waals surface area contributed by atoms with Crippen molar-refractivity contribution in [3.8, 4) is 22.3 Å². The Kier molecular flexibility index (Phi) is 18.0. The summed E-state index contributed by atoms with van der Waals surface area (Å²) in [6, 6.07) is 40.6. The molecular formula is C46H56Cl2SiZr. The molecule has 0 aliphatic rings. The summed E-state index contributed by atoms with van der Waals surface area (Å²) in [5.41, 5.74) is 11.3. The van der Waals surface area contributed by atoms with Crippen LogP contribution in [0, 0.1) is 0 Å². The predicted molar refractivity (Wildman–Crippen MR) is 225 cm³/mol. The third-order valence-electron chi connectivity index (χ3n) is 9.67. The van der Waals surface area contributed by atoms with Crippen molar-refractivity contribution in [1.29, 1.82) is 0 Å². The Bertz CT molecular complexity index is 1740. The average Bonchev–Trinajstić information content (AvgIpc) is 3.78. The molecule has 2 atom stereocenters. The van der Waals surface area contributed by atoms with Crippen LogP contribution in [-0.2, 0) is 20.8 Å². The van der Waals surface area contributed by atoms with Gasteiger partial charge in [0.2, 0.25) is 0 Å². The van der Waals surface area contributed by atoms with Gasteiger partial charge in [-0.15, -0.1) is 69.1 Å². The molecule has 2 radical (unpaired) electrons.